The molecule has 108 valence electrons. The molecule has 4 heteroatoms. The van der Waals surface area contributed by atoms with Crippen LogP contribution in [0.2, 0.25) is 0 Å². The number of carbonyl (C=O) groups is 1. The van der Waals surface area contributed by atoms with Gasteiger partial charge in [0, 0.05) is 36.9 Å². The fourth-order valence-corrected chi connectivity index (χ4v) is 2.36. The van der Waals surface area contributed by atoms with Crippen molar-refractivity contribution in [2.45, 2.75) is 19.4 Å². The highest BCUT2D eigenvalue weighted by Crippen LogP contribution is 2.19. The van der Waals surface area contributed by atoms with Crippen molar-refractivity contribution < 1.29 is 4.79 Å². The Kier molecular flexibility index (Phi) is 4.14. The fourth-order valence-electron chi connectivity index (χ4n) is 2.36. The second kappa shape index (κ2) is 5.67. The molecule has 4 nitrogen and oxygen atoms in total. The number of amides is 1. The van der Waals surface area contributed by atoms with Crippen molar-refractivity contribution in [2.75, 3.05) is 32.4 Å². The summed E-state index contributed by atoms with van der Waals surface area (Å²) < 4.78 is 0. The van der Waals surface area contributed by atoms with Gasteiger partial charge in [-0.25, -0.2) is 0 Å². The second-order valence-electron chi connectivity index (χ2n) is 6.00. The topological polar surface area (TPSA) is 49.6 Å². The van der Waals surface area contributed by atoms with Crippen LogP contribution in [-0.2, 0) is 4.79 Å². The van der Waals surface area contributed by atoms with Gasteiger partial charge in [0.05, 0.1) is 0 Å². The number of piperazine rings is 1. The van der Waals surface area contributed by atoms with E-state index in [0.29, 0.717) is 5.69 Å². The summed E-state index contributed by atoms with van der Waals surface area (Å²) >= 11 is 0. The second-order valence-corrected chi connectivity index (χ2v) is 6.00. The lowest BCUT2D eigenvalue weighted by molar-refractivity contribution is -0.130. The van der Waals surface area contributed by atoms with Crippen LogP contribution in [0.15, 0.2) is 30.3 Å². The van der Waals surface area contributed by atoms with Gasteiger partial charge in [-0.3, -0.25) is 9.69 Å². The third kappa shape index (κ3) is 3.39. The van der Waals surface area contributed by atoms with Gasteiger partial charge in [0.1, 0.15) is 0 Å². The van der Waals surface area contributed by atoms with Crippen LogP contribution in [0, 0.1) is 0 Å². The highest BCUT2D eigenvalue weighted by Gasteiger charge is 2.32. The van der Waals surface area contributed by atoms with Gasteiger partial charge in [-0.15, -0.1) is 0 Å². The molecule has 0 radical (unpaired) electrons. The van der Waals surface area contributed by atoms with Crippen molar-refractivity contribution in [3.8, 4) is 0 Å². The number of benzene rings is 1. The Morgan fingerprint density at radius 1 is 1.35 bits per heavy atom. The maximum absolute atomic E-state index is 12.2. The number of hydrogen-bond acceptors (Lipinski definition) is 3. The molecule has 1 saturated heterocycles. The van der Waals surface area contributed by atoms with Crippen LogP contribution in [-0.4, -0.2) is 47.9 Å². The molecule has 0 bridgehead atoms. The van der Waals surface area contributed by atoms with Crippen LogP contribution in [0.4, 0.5) is 5.69 Å². The van der Waals surface area contributed by atoms with Gasteiger partial charge in [-0.2, -0.15) is 0 Å². The van der Waals surface area contributed by atoms with Crippen LogP contribution >= 0.6 is 0 Å². The van der Waals surface area contributed by atoms with E-state index in [1.54, 1.807) is 6.08 Å². The van der Waals surface area contributed by atoms with E-state index in [1.807, 2.05) is 35.2 Å². The number of rotatable bonds is 2. The molecular formula is C16H23N3O. The summed E-state index contributed by atoms with van der Waals surface area (Å²) in [6, 6.07) is 7.52. The Balaban J connectivity index is 2.02. The first kappa shape index (κ1) is 14.6. The molecule has 0 spiro atoms. The van der Waals surface area contributed by atoms with Crippen molar-refractivity contribution >= 4 is 17.7 Å². The number of nitrogens with zero attached hydrogens (tertiary/aromatic N) is 2. The van der Waals surface area contributed by atoms with Gasteiger partial charge in [0.25, 0.3) is 0 Å². The van der Waals surface area contributed by atoms with E-state index >= 15 is 0 Å². The Morgan fingerprint density at radius 3 is 2.75 bits per heavy atom. The highest BCUT2D eigenvalue weighted by atomic mass is 16.2. The summed E-state index contributed by atoms with van der Waals surface area (Å²) in [5.41, 5.74) is 7.41. The molecule has 0 aliphatic carbocycles. The molecule has 0 atom stereocenters. The number of anilines is 1. The Bertz CT molecular complexity index is 522. The number of nitrogens with two attached hydrogens (primary N) is 1. The third-order valence-electron chi connectivity index (χ3n) is 3.96. The third-order valence-corrected chi connectivity index (χ3v) is 3.96. The lowest BCUT2D eigenvalue weighted by Crippen LogP contribution is -2.58. The highest BCUT2D eigenvalue weighted by molar-refractivity contribution is 5.92. The van der Waals surface area contributed by atoms with Gasteiger partial charge in [0.15, 0.2) is 0 Å². The predicted molar refractivity (Wildman–Crippen MR) is 83.2 cm³/mol. The lowest BCUT2D eigenvalue weighted by atomic mass is 9.99. The van der Waals surface area contributed by atoms with Crippen LogP contribution in [0.25, 0.3) is 6.08 Å². The summed E-state index contributed by atoms with van der Waals surface area (Å²) in [7, 11) is 2.10. The van der Waals surface area contributed by atoms with E-state index in [1.165, 1.54) is 0 Å². The smallest absolute Gasteiger partial charge is 0.246 e. The van der Waals surface area contributed by atoms with Crippen molar-refractivity contribution in [1.29, 1.82) is 0 Å². The summed E-state index contributed by atoms with van der Waals surface area (Å²) in [5.74, 6) is 0.0635. The van der Waals surface area contributed by atoms with E-state index in [4.69, 9.17) is 5.73 Å². The maximum Gasteiger partial charge on any atom is 0.246 e. The normalized spacial score (nSPS) is 19.4. The molecule has 2 N–H and O–H groups in total. The van der Waals surface area contributed by atoms with Crippen molar-refractivity contribution in [3.63, 3.8) is 0 Å². The van der Waals surface area contributed by atoms with E-state index < -0.39 is 0 Å². The van der Waals surface area contributed by atoms with Gasteiger partial charge >= 0.3 is 0 Å². The molecule has 1 heterocycles. The van der Waals surface area contributed by atoms with E-state index in [0.717, 1.165) is 25.2 Å². The average molecular weight is 273 g/mol. The predicted octanol–water partition coefficient (Wildman–Crippen LogP) is 1.83. The van der Waals surface area contributed by atoms with Crippen molar-refractivity contribution in [2.24, 2.45) is 0 Å². The SMILES string of the molecule is CN1CCN(C(=O)/C=C/c2cccc(N)c2)CC1(C)C. The molecule has 1 fully saturated rings. The molecule has 0 aromatic heterocycles. The molecule has 1 aromatic rings. The van der Waals surface area contributed by atoms with Crippen molar-refractivity contribution in [3.05, 3.63) is 35.9 Å². The Morgan fingerprint density at radius 2 is 2.10 bits per heavy atom. The zero-order chi connectivity index (χ0) is 14.8. The van der Waals surface area contributed by atoms with Crippen LogP contribution in [0.3, 0.4) is 0 Å². The Labute approximate surface area is 120 Å². The first-order valence-corrected chi connectivity index (χ1v) is 6.92. The molecule has 1 aliphatic rings. The Hall–Kier alpha value is -1.81. The number of carbonyl (C=O) groups excluding carboxylic acids is 1. The molecular weight excluding hydrogens is 250 g/mol. The zero-order valence-electron chi connectivity index (χ0n) is 12.5. The summed E-state index contributed by atoms with van der Waals surface area (Å²) in [5, 5.41) is 0. The van der Waals surface area contributed by atoms with E-state index in [9.17, 15) is 4.79 Å². The standard InChI is InChI=1S/C16H23N3O/c1-16(2)12-19(10-9-18(16)3)15(20)8-7-13-5-4-6-14(17)11-13/h4-8,11H,9-10,12,17H2,1-3H3/b8-7+. The average Bonchev–Trinajstić information content (AvgIpc) is 2.39. The molecule has 2 rings (SSSR count). The number of likely N-dealkylation sites (N-methyl/N-ethyl adjacent to an activating group) is 1. The minimum Gasteiger partial charge on any atom is -0.399 e. The van der Waals surface area contributed by atoms with Crippen LogP contribution in [0.1, 0.15) is 19.4 Å². The van der Waals surface area contributed by atoms with Gasteiger partial charge in [-0.1, -0.05) is 12.1 Å². The van der Waals surface area contributed by atoms with Gasteiger partial charge in [0.2, 0.25) is 5.91 Å². The summed E-state index contributed by atoms with van der Waals surface area (Å²) in [6.07, 6.45) is 3.46. The fraction of sp³-hybridized carbons (Fsp3) is 0.438. The maximum atomic E-state index is 12.2. The van der Waals surface area contributed by atoms with Gasteiger partial charge in [-0.05, 0) is 44.7 Å². The molecule has 1 aromatic carbocycles. The van der Waals surface area contributed by atoms with Crippen LogP contribution in [0.5, 0.6) is 0 Å². The van der Waals surface area contributed by atoms with Crippen molar-refractivity contribution in [1.82, 2.24) is 9.80 Å². The molecule has 0 saturated carbocycles. The minimum absolute atomic E-state index is 0.0267. The minimum atomic E-state index is 0.0267. The molecule has 0 unspecified atom stereocenters. The van der Waals surface area contributed by atoms with Crippen LogP contribution < -0.4 is 5.73 Å². The summed E-state index contributed by atoms with van der Waals surface area (Å²) in [6.45, 7) is 6.76. The first-order chi connectivity index (χ1) is 9.38. The van der Waals surface area contributed by atoms with Gasteiger partial charge < -0.3 is 10.6 Å². The number of nitrogen functional groups attached to an aromatic ring is 1. The lowest BCUT2D eigenvalue weighted by Gasteiger charge is -2.45. The van der Waals surface area contributed by atoms with E-state index in [2.05, 4.69) is 25.8 Å². The monoisotopic (exact) mass is 273 g/mol. The molecule has 1 aliphatic heterocycles. The first-order valence-electron chi connectivity index (χ1n) is 6.92. The number of hydrogen-bond donors (Lipinski definition) is 1. The largest absolute Gasteiger partial charge is 0.399 e. The zero-order valence-corrected chi connectivity index (χ0v) is 12.5. The molecule has 1 amide bonds. The van der Waals surface area contributed by atoms with E-state index in [-0.39, 0.29) is 11.4 Å². The quantitative estimate of drug-likeness (QED) is 0.660. The summed E-state index contributed by atoms with van der Waals surface area (Å²) in [4.78, 5) is 16.4. The molecule has 20 heavy (non-hydrogen) atoms.